The molecule has 1 aromatic carbocycles. The number of aliphatic imine (C=N–C) groups is 1. The van der Waals surface area contributed by atoms with Gasteiger partial charge in [0.05, 0.1) is 6.61 Å². The van der Waals surface area contributed by atoms with Crippen molar-refractivity contribution in [2.45, 2.75) is 33.1 Å². The number of rotatable bonds is 8. The third kappa shape index (κ3) is 5.81. The summed E-state index contributed by atoms with van der Waals surface area (Å²) in [4.78, 5) is 18.8. The van der Waals surface area contributed by atoms with Crippen molar-refractivity contribution in [2.24, 2.45) is 4.99 Å². The van der Waals surface area contributed by atoms with E-state index in [2.05, 4.69) is 51.9 Å². The standard InChI is InChI=1S/C19H28N4O2/c1-4-25-18(24)6-5-10-21-19(20-3)22-11-9-15-13-23-17-12-14(2)7-8-16(15)17/h7-8,12-13,23H,4-6,9-11H2,1-3H3,(H2,20,21,22). The van der Waals surface area contributed by atoms with Gasteiger partial charge in [0.1, 0.15) is 0 Å². The molecule has 2 rings (SSSR count). The van der Waals surface area contributed by atoms with Crippen molar-refractivity contribution in [1.29, 1.82) is 0 Å². The van der Waals surface area contributed by atoms with Crippen LogP contribution in [-0.4, -0.2) is 43.7 Å². The number of hydrogen-bond acceptors (Lipinski definition) is 3. The first kappa shape index (κ1) is 18.8. The number of ether oxygens (including phenoxy) is 1. The fraction of sp³-hybridized carbons (Fsp3) is 0.474. The fourth-order valence-corrected chi connectivity index (χ4v) is 2.72. The predicted molar refractivity (Wildman–Crippen MR) is 102 cm³/mol. The van der Waals surface area contributed by atoms with Crippen molar-refractivity contribution >= 4 is 22.8 Å². The topological polar surface area (TPSA) is 78.5 Å². The van der Waals surface area contributed by atoms with Crippen molar-refractivity contribution < 1.29 is 9.53 Å². The third-order valence-electron chi connectivity index (χ3n) is 3.99. The SMILES string of the molecule is CCOC(=O)CCCNC(=NC)NCCc1c[nH]c2cc(C)ccc12. The van der Waals surface area contributed by atoms with Crippen molar-refractivity contribution in [3.8, 4) is 0 Å². The highest BCUT2D eigenvalue weighted by molar-refractivity contribution is 5.84. The van der Waals surface area contributed by atoms with Gasteiger partial charge in [-0.1, -0.05) is 12.1 Å². The number of carbonyl (C=O) groups is 1. The van der Waals surface area contributed by atoms with Gasteiger partial charge in [0.15, 0.2) is 5.96 Å². The Labute approximate surface area is 149 Å². The summed E-state index contributed by atoms with van der Waals surface area (Å²) in [7, 11) is 1.75. The summed E-state index contributed by atoms with van der Waals surface area (Å²) in [6.45, 7) is 5.82. The second kappa shape index (κ2) is 9.71. The molecule has 0 saturated heterocycles. The Bertz CT molecular complexity index is 721. The Morgan fingerprint density at radius 3 is 2.84 bits per heavy atom. The van der Waals surface area contributed by atoms with E-state index in [4.69, 9.17) is 4.74 Å². The molecular weight excluding hydrogens is 316 g/mol. The Kier molecular flexibility index (Phi) is 7.32. The van der Waals surface area contributed by atoms with E-state index in [0.717, 1.165) is 25.3 Å². The van der Waals surface area contributed by atoms with E-state index in [1.165, 1.54) is 22.0 Å². The first-order valence-electron chi connectivity index (χ1n) is 8.80. The van der Waals surface area contributed by atoms with E-state index in [1.807, 2.05) is 6.92 Å². The molecule has 25 heavy (non-hydrogen) atoms. The molecule has 3 N–H and O–H groups in total. The van der Waals surface area contributed by atoms with Gasteiger partial charge >= 0.3 is 5.97 Å². The van der Waals surface area contributed by atoms with Crippen LogP contribution < -0.4 is 10.6 Å². The van der Waals surface area contributed by atoms with Crippen LogP contribution >= 0.6 is 0 Å². The van der Waals surface area contributed by atoms with E-state index in [9.17, 15) is 4.79 Å². The van der Waals surface area contributed by atoms with Crippen LogP contribution in [0.3, 0.4) is 0 Å². The monoisotopic (exact) mass is 344 g/mol. The highest BCUT2D eigenvalue weighted by atomic mass is 16.5. The van der Waals surface area contributed by atoms with Crippen LogP contribution in [0.1, 0.15) is 30.9 Å². The summed E-state index contributed by atoms with van der Waals surface area (Å²) < 4.78 is 4.91. The average molecular weight is 344 g/mol. The fourth-order valence-electron chi connectivity index (χ4n) is 2.72. The van der Waals surface area contributed by atoms with Crippen LogP contribution in [0.5, 0.6) is 0 Å². The van der Waals surface area contributed by atoms with Gasteiger partial charge in [0, 0.05) is 43.7 Å². The molecule has 6 nitrogen and oxygen atoms in total. The Hall–Kier alpha value is -2.50. The minimum absolute atomic E-state index is 0.151. The van der Waals surface area contributed by atoms with E-state index in [1.54, 1.807) is 7.05 Å². The minimum atomic E-state index is -0.151. The maximum Gasteiger partial charge on any atom is 0.305 e. The molecule has 0 aliphatic heterocycles. The largest absolute Gasteiger partial charge is 0.466 e. The number of aromatic nitrogens is 1. The van der Waals surface area contributed by atoms with E-state index < -0.39 is 0 Å². The Morgan fingerprint density at radius 1 is 1.28 bits per heavy atom. The van der Waals surface area contributed by atoms with Gasteiger partial charge in [0.2, 0.25) is 0 Å². The summed E-state index contributed by atoms with van der Waals surface area (Å²) in [5.41, 5.74) is 3.73. The number of esters is 1. The lowest BCUT2D eigenvalue weighted by Crippen LogP contribution is -2.38. The van der Waals surface area contributed by atoms with Crippen LogP contribution in [0.4, 0.5) is 0 Å². The van der Waals surface area contributed by atoms with E-state index >= 15 is 0 Å². The molecule has 2 aromatic rings. The number of carbonyl (C=O) groups excluding carboxylic acids is 1. The molecule has 0 aliphatic carbocycles. The van der Waals surface area contributed by atoms with Gasteiger partial charge in [-0.3, -0.25) is 9.79 Å². The second-order valence-corrected chi connectivity index (χ2v) is 5.95. The van der Waals surface area contributed by atoms with Crippen LogP contribution in [0, 0.1) is 6.92 Å². The molecule has 0 atom stereocenters. The molecule has 1 heterocycles. The summed E-state index contributed by atoms with van der Waals surface area (Å²) in [6, 6.07) is 6.46. The number of aromatic amines is 1. The maximum atomic E-state index is 11.3. The van der Waals surface area contributed by atoms with Crippen LogP contribution in [-0.2, 0) is 16.0 Å². The van der Waals surface area contributed by atoms with Gasteiger partial charge < -0.3 is 20.4 Å². The molecule has 136 valence electrons. The summed E-state index contributed by atoms with van der Waals surface area (Å²) in [5, 5.41) is 7.79. The van der Waals surface area contributed by atoms with E-state index in [0.29, 0.717) is 19.6 Å². The number of nitrogens with one attached hydrogen (secondary N) is 3. The molecule has 0 unspecified atom stereocenters. The molecule has 6 heteroatoms. The van der Waals surface area contributed by atoms with Gasteiger partial charge in [-0.25, -0.2) is 0 Å². The van der Waals surface area contributed by atoms with Crippen molar-refractivity contribution in [3.63, 3.8) is 0 Å². The van der Waals surface area contributed by atoms with Gasteiger partial charge in [0.25, 0.3) is 0 Å². The van der Waals surface area contributed by atoms with Gasteiger partial charge in [-0.2, -0.15) is 0 Å². The number of hydrogen-bond donors (Lipinski definition) is 3. The van der Waals surface area contributed by atoms with Crippen LogP contribution in [0.15, 0.2) is 29.4 Å². The van der Waals surface area contributed by atoms with E-state index in [-0.39, 0.29) is 5.97 Å². The summed E-state index contributed by atoms with van der Waals surface area (Å²) in [6.07, 6.45) is 4.13. The molecule has 0 amide bonds. The minimum Gasteiger partial charge on any atom is -0.466 e. The zero-order chi connectivity index (χ0) is 18.1. The molecule has 0 bridgehead atoms. The number of aryl methyl sites for hydroxylation is 1. The third-order valence-corrected chi connectivity index (χ3v) is 3.99. The van der Waals surface area contributed by atoms with Gasteiger partial charge in [-0.15, -0.1) is 0 Å². The van der Waals surface area contributed by atoms with Crippen molar-refractivity contribution in [1.82, 2.24) is 15.6 Å². The molecule has 0 aliphatic rings. The molecule has 1 aromatic heterocycles. The zero-order valence-corrected chi connectivity index (χ0v) is 15.3. The quantitative estimate of drug-likeness (QED) is 0.298. The highest BCUT2D eigenvalue weighted by Crippen LogP contribution is 2.19. The maximum absolute atomic E-state index is 11.3. The first-order valence-corrected chi connectivity index (χ1v) is 8.80. The lowest BCUT2D eigenvalue weighted by Gasteiger charge is -2.11. The number of fused-ring (bicyclic) bond motifs is 1. The van der Waals surface area contributed by atoms with Crippen LogP contribution in [0.2, 0.25) is 0 Å². The van der Waals surface area contributed by atoms with Crippen molar-refractivity contribution in [2.75, 3.05) is 26.7 Å². The Balaban J connectivity index is 1.72. The molecule has 0 spiro atoms. The second-order valence-electron chi connectivity index (χ2n) is 5.95. The summed E-state index contributed by atoms with van der Waals surface area (Å²) in [5.74, 6) is 0.598. The van der Waals surface area contributed by atoms with Gasteiger partial charge in [-0.05, 0) is 43.9 Å². The average Bonchev–Trinajstić information content (AvgIpc) is 2.99. The smallest absolute Gasteiger partial charge is 0.305 e. The zero-order valence-electron chi connectivity index (χ0n) is 15.3. The number of nitrogens with zero attached hydrogens (tertiary/aromatic N) is 1. The lowest BCUT2D eigenvalue weighted by atomic mass is 10.1. The van der Waals surface area contributed by atoms with Crippen LogP contribution in [0.25, 0.3) is 10.9 Å². The highest BCUT2D eigenvalue weighted by Gasteiger charge is 2.05. The molecule has 0 saturated carbocycles. The normalized spacial score (nSPS) is 11.6. The number of benzene rings is 1. The molecule has 0 radical (unpaired) electrons. The number of H-pyrrole nitrogens is 1. The van der Waals surface area contributed by atoms with Crippen molar-refractivity contribution in [3.05, 3.63) is 35.5 Å². The molecular formula is C19H28N4O2. The lowest BCUT2D eigenvalue weighted by molar-refractivity contribution is -0.143. The molecule has 0 fully saturated rings. The number of guanidine groups is 1. The Morgan fingerprint density at radius 2 is 2.08 bits per heavy atom. The predicted octanol–water partition coefficient (Wildman–Crippen LogP) is 2.53. The summed E-state index contributed by atoms with van der Waals surface area (Å²) >= 11 is 0. The first-order chi connectivity index (χ1) is 12.1.